The van der Waals surface area contributed by atoms with Crippen LogP contribution in [0.2, 0.25) is 5.02 Å². The van der Waals surface area contributed by atoms with E-state index in [0.717, 1.165) is 17.1 Å². The summed E-state index contributed by atoms with van der Waals surface area (Å²) in [6.07, 6.45) is 4.32. The first-order chi connectivity index (χ1) is 15.9. The van der Waals surface area contributed by atoms with Crippen LogP contribution in [-0.4, -0.2) is 63.4 Å². The SMILES string of the molecule is O=S1(=O)NCCCN1CCNc1nccc(-c2c(-c3ccc(Cl)c(O)c3)nc3sccn23)n1. The summed E-state index contributed by atoms with van der Waals surface area (Å²) in [6.45, 7) is 1.62. The number of benzene rings is 1. The van der Waals surface area contributed by atoms with E-state index in [0.29, 0.717) is 49.1 Å². The van der Waals surface area contributed by atoms with Crippen LogP contribution in [0, 0.1) is 0 Å². The van der Waals surface area contributed by atoms with Crippen LogP contribution in [0.4, 0.5) is 5.95 Å². The van der Waals surface area contributed by atoms with Crippen LogP contribution in [0.5, 0.6) is 5.75 Å². The lowest BCUT2D eigenvalue weighted by Gasteiger charge is -2.26. The molecule has 4 aromatic rings. The number of anilines is 1. The molecule has 0 unspecified atom stereocenters. The lowest BCUT2D eigenvalue weighted by molar-refractivity contribution is 0.383. The number of fused-ring (bicyclic) bond motifs is 1. The molecule has 0 spiro atoms. The minimum Gasteiger partial charge on any atom is -0.506 e. The Bertz CT molecular complexity index is 1420. The van der Waals surface area contributed by atoms with Crippen molar-refractivity contribution in [3.63, 3.8) is 0 Å². The largest absolute Gasteiger partial charge is 0.506 e. The van der Waals surface area contributed by atoms with Gasteiger partial charge in [0.1, 0.15) is 11.4 Å². The molecule has 172 valence electrons. The molecule has 0 bridgehead atoms. The molecular formula is C20H20ClN7O3S2. The fraction of sp³-hybridized carbons (Fsp3) is 0.250. The first-order valence-corrected chi connectivity index (χ1v) is 12.9. The Labute approximate surface area is 199 Å². The summed E-state index contributed by atoms with van der Waals surface area (Å²) in [5.74, 6) is 0.355. The zero-order valence-corrected chi connectivity index (χ0v) is 19.7. The average Bonchev–Trinajstić information content (AvgIpc) is 3.38. The van der Waals surface area contributed by atoms with Crippen molar-refractivity contribution in [1.82, 2.24) is 28.4 Å². The predicted molar refractivity (Wildman–Crippen MR) is 128 cm³/mol. The average molecular weight is 506 g/mol. The van der Waals surface area contributed by atoms with E-state index in [-0.39, 0.29) is 10.8 Å². The number of aromatic nitrogens is 4. The minimum atomic E-state index is -3.42. The number of rotatable bonds is 6. The van der Waals surface area contributed by atoms with Gasteiger partial charge in [-0.25, -0.2) is 19.7 Å². The first-order valence-electron chi connectivity index (χ1n) is 10.2. The van der Waals surface area contributed by atoms with Gasteiger partial charge in [0.25, 0.3) is 10.2 Å². The molecule has 33 heavy (non-hydrogen) atoms. The van der Waals surface area contributed by atoms with Gasteiger partial charge in [-0.1, -0.05) is 17.7 Å². The molecule has 0 aliphatic carbocycles. The Morgan fingerprint density at radius 2 is 2.15 bits per heavy atom. The Hall–Kier alpha value is -2.77. The number of phenolic OH excluding ortho intramolecular Hbond substituents is 1. The molecule has 0 radical (unpaired) electrons. The van der Waals surface area contributed by atoms with Gasteiger partial charge in [0.05, 0.1) is 16.4 Å². The standard InChI is InChI=1S/C20H20ClN7O3S2/c21-14-3-2-13(12-16(14)29)17-18(28-10-11-32-20(28)26-17)15-4-6-22-19(25-15)23-7-9-27-8-1-5-24-33(27,30)31/h2-4,6,10-12,24,29H,1,5,7-9H2,(H,22,23,25). The molecule has 1 aliphatic heterocycles. The molecule has 0 saturated carbocycles. The Balaban J connectivity index is 1.43. The number of imidazole rings is 1. The molecule has 5 rings (SSSR count). The van der Waals surface area contributed by atoms with E-state index in [1.165, 1.54) is 15.6 Å². The predicted octanol–water partition coefficient (Wildman–Crippen LogP) is 2.83. The number of aromatic hydroxyl groups is 1. The molecule has 1 saturated heterocycles. The maximum atomic E-state index is 12.1. The van der Waals surface area contributed by atoms with Gasteiger partial charge in [-0.15, -0.1) is 11.3 Å². The fourth-order valence-corrected chi connectivity index (χ4v) is 5.78. The quantitative estimate of drug-likeness (QED) is 0.368. The van der Waals surface area contributed by atoms with Crippen LogP contribution in [0.15, 0.2) is 42.0 Å². The molecule has 0 amide bonds. The third-order valence-electron chi connectivity index (χ3n) is 5.23. The summed E-state index contributed by atoms with van der Waals surface area (Å²) in [5.41, 5.74) is 2.75. The highest BCUT2D eigenvalue weighted by atomic mass is 35.5. The van der Waals surface area contributed by atoms with Crippen molar-refractivity contribution in [2.45, 2.75) is 6.42 Å². The van der Waals surface area contributed by atoms with Gasteiger partial charge in [-0.2, -0.15) is 12.7 Å². The highest BCUT2D eigenvalue weighted by molar-refractivity contribution is 7.87. The number of nitrogens with one attached hydrogen (secondary N) is 2. The maximum Gasteiger partial charge on any atom is 0.279 e. The van der Waals surface area contributed by atoms with Gasteiger partial charge < -0.3 is 10.4 Å². The summed E-state index contributed by atoms with van der Waals surface area (Å²) < 4.78 is 30.0. The van der Waals surface area contributed by atoms with Crippen LogP contribution in [0.1, 0.15) is 6.42 Å². The van der Waals surface area contributed by atoms with Crippen molar-refractivity contribution in [2.24, 2.45) is 0 Å². The van der Waals surface area contributed by atoms with Crippen LogP contribution < -0.4 is 10.0 Å². The molecule has 1 aromatic carbocycles. The van der Waals surface area contributed by atoms with E-state index in [1.807, 2.05) is 16.0 Å². The number of phenols is 1. The summed E-state index contributed by atoms with van der Waals surface area (Å²) in [7, 11) is -3.42. The van der Waals surface area contributed by atoms with E-state index < -0.39 is 10.2 Å². The van der Waals surface area contributed by atoms with Gasteiger partial charge >= 0.3 is 0 Å². The second-order valence-corrected chi connectivity index (χ2v) is 10.4. The maximum absolute atomic E-state index is 12.1. The van der Waals surface area contributed by atoms with Crippen molar-refractivity contribution in [3.8, 4) is 28.4 Å². The highest BCUT2D eigenvalue weighted by Crippen LogP contribution is 2.36. The van der Waals surface area contributed by atoms with E-state index >= 15 is 0 Å². The van der Waals surface area contributed by atoms with E-state index in [2.05, 4.69) is 20.0 Å². The van der Waals surface area contributed by atoms with Gasteiger partial charge in [-0.05, 0) is 24.6 Å². The lowest BCUT2D eigenvalue weighted by Crippen LogP contribution is -2.48. The van der Waals surface area contributed by atoms with Gasteiger partial charge in [0.2, 0.25) is 5.95 Å². The minimum absolute atomic E-state index is 0.0244. The summed E-state index contributed by atoms with van der Waals surface area (Å²) >= 11 is 7.47. The molecule has 4 heterocycles. The van der Waals surface area contributed by atoms with Crippen molar-refractivity contribution >= 4 is 44.1 Å². The summed E-state index contributed by atoms with van der Waals surface area (Å²) in [6, 6.07) is 6.78. The van der Waals surface area contributed by atoms with Gasteiger partial charge in [0, 0.05) is 49.5 Å². The Kier molecular flexibility index (Phi) is 5.93. The van der Waals surface area contributed by atoms with Gasteiger partial charge in [0.15, 0.2) is 4.96 Å². The molecule has 1 aliphatic rings. The van der Waals surface area contributed by atoms with E-state index in [1.54, 1.807) is 30.5 Å². The van der Waals surface area contributed by atoms with E-state index in [4.69, 9.17) is 16.6 Å². The van der Waals surface area contributed by atoms with Crippen molar-refractivity contribution < 1.29 is 13.5 Å². The van der Waals surface area contributed by atoms with Crippen LogP contribution in [0.25, 0.3) is 27.6 Å². The highest BCUT2D eigenvalue weighted by Gasteiger charge is 2.24. The summed E-state index contributed by atoms with van der Waals surface area (Å²) in [5, 5.41) is 15.4. The van der Waals surface area contributed by atoms with Crippen molar-refractivity contribution in [2.75, 3.05) is 31.5 Å². The molecule has 3 aromatic heterocycles. The molecule has 1 fully saturated rings. The van der Waals surface area contributed by atoms with Crippen LogP contribution in [0.3, 0.4) is 0 Å². The number of thiazole rings is 1. The topological polar surface area (TPSA) is 125 Å². The smallest absolute Gasteiger partial charge is 0.279 e. The molecular weight excluding hydrogens is 486 g/mol. The molecule has 13 heteroatoms. The van der Waals surface area contributed by atoms with Crippen molar-refractivity contribution in [1.29, 1.82) is 0 Å². The molecule has 10 nitrogen and oxygen atoms in total. The van der Waals surface area contributed by atoms with Crippen LogP contribution in [-0.2, 0) is 10.2 Å². The second kappa shape index (κ2) is 8.88. The first kappa shape index (κ1) is 22.0. The fourth-order valence-electron chi connectivity index (χ4n) is 3.66. The molecule has 0 atom stereocenters. The van der Waals surface area contributed by atoms with Crippen LogP contribution >= 0.6 is 22.9 Å². The van der Waals surface area contributed by atoms with Crippen molar-refractivity contribution in [3.05, 3.63) is 47.1 Å². The Morgan fingerprint density at radius 1 is 1.27 bits per heavy atom. The Morgan fingerprint density at radius 3 is 2.97 bits per heavy atom. The number of hydrogen-bond acceptors (Lipinski definition) is 8. The lowest BCUT2D eigenvalue weighted by atomic mass is 10.1. The van der Waals surface area contributed by atoms with Gasteiger partial charge in [-0.3, -0.25) is 4.40 Å². The summed E-state index contributed by atoms with van der Waals surface area (Å²) in [4.78, 5) is 14.4. The number of halogens is 1. The third-order valence-corrected chi connectivity index (χ3v) is 7.92. The monoisotopic (exact) mass is 505 g/mol. The van der Waals surface area contributed by atoms with E-state index in [9.17, 15) is 13.5 Å². The normalized spacial score (nSPS) is 16.3. The molecule has 3 N–H and O–H groups in total. The number of nitrogens with zero attached hydrogens (tertiary/aromatic N) is 5. The second-order valence-electron chi connectivity index (χ2n) is 7.38. The third kappa shape index (κ3) is 4.39. The zero-order valence-electron chi connectivity index (χ0n) is 17.3. The number of hydrogen-bond donors (Lipinski definition) is 3. The zero-order chi connectivity index (χ0) is 23.0.